The van der Waals surface area contributed by atoms with E-state index in [0.29, 0.717) is 5.56 Å². The summed E-state index contributed by atoms with van der Waals surface area (Å²) in [6.45, 7) is 4.16. The molecule has 3 rings (SSSR count). The van der Waals surface area contributed by atoms with Crippen molar-refractivity contribution in [3.8, 4) is 0 Å². The van der Waals surface area contributed by atoms with E-state index in [-0.39, 0.29) is 11.6 Å². The van der Waals surface area contributed by atoms with Gasteiger partial charge in [-0.25, -0.2) is 0 Å². The van der Waals surface area contributed by atoms with Crippen LogP contribution in [0.4, 0.5) is 0 Å². The fourth-order valence-electron chi connectivity index (χ4n) is 3.22. The molecule has 21 heavy (non-hydrogen) atoms. The first kappa shape index (κ1) is 14.1. The number of nitrogens with two attached hydrogens (primary N) is 1. The topological polar surface area (TPSA) is 48.0 Å². The fourth-order valence-corrected chi connectivity index (χ4v) is 3.22. The molecule has 0 amide bonds. The van der Waals surface area contributed by atoms with Crippen LogP contribution in [0.2, 0.25) is 0 Å². The van der Waals surface area contributed by atoms with Gasteiger partial charge in [0.05, 0.1) is 6.04 Å². The third kappa shape index (κ3) is 2.32. The third-order valence-electron chi connectivity index (χ3n) is 4.74. The zero-order chi connectivity index (χ0) is 15.1. The molecule has 1 aromatic heterocycles. The van der Waals surface area contributed by atoms with Gasteiger partial charge in [-0.15, -0.1) is 0 Å². The van der Waals surface area contributed by atoms with Gasteiger partial charge in [-0.2, -0.15) is 0 Å². The molecule has 2 aromatic rings. The van der Waals surface area contributed by atoms with E-state index in [2.05, 4.69) is 26.0 Å². The van der Waals surface area contributed by atoms with E-state index < -0.39 is 0 Å². The number of rotatable bonds is 2. The maximum Gasteiger partial charge on any atom is 0.255 e. The highest BCUT2D eigenvalue weighted by Gasteiger charge is 2.21. The number of benzene rings is 1. The fraction of sp³-hybridized carbons (Fsp3) is 0.389. The second-order valence-corrected chi connectivity index (χ2v) is 6.11. The van der Waals surface area contributed by atoms with Crippen molar-refractivity contribution in [1.29, 1.82) is 0 Å². The molecule has 3 heteroatoms. The minimum absolute atomic E-state index is 0.0429. The summed E-state index contributed by atoms with van der Waals surface area (Å²) in [5, 5.41) is 0. The molecule has 0 bridgehead atoms. The Labute approximate surface area is 125 Å². The van der Waals surface area contributed by atoms with Crippen molar-refractivity contribution in [2.24, 2.45) is 12.8 Å². The standard InChI is InChI=1S/C18H22N2O/c1-11-7-8-14(9-12(11)2)17(19)15-10-13-5-4-6-16(13)20(3)18(15)21/h7-10,17H,4-6,19H2,1-3H3. The van der Waals surface area contributed by atoms with Crippen molar-refractivity contribution in [2.45, 2.75) is 39.2 Å². The molecule has 0 fully saturated rings. The van der Waals surface area contributed by atoms with Crippen molar-refractivity contribution in [3.63, 3.8) is 0 Å². The number of hydrogen-bond donors (Lipinski definition) is 1. The average Bonchev–Trinajstić information content (AvgIpc) is 2.93. The first-order valence-corrected chi connectivity index (χ1v) is 7.53. The summed E-state index contributed by atoms with van der Waals surface area (Å²) in [7, 11) is 1.86. The number of aromatic nitrogens is 1. The van der Waals surface area contributed by atoms with Gasteiger partial charge in [0.2, 0.25) is 0 Å². The highest BCUT2D eigenvalue weighted by molar-refractivity contribution is 5.39. The zero-order valence-corrected chi connectivity index (χ0v) is 12.9. The maximum atomic E-state index is 12.6. The second-order valence-electron chi connectivity index (χ2n) is 6.11. The van der Waals surface area contributed by atoms with E-state index in [1.807, 2.05) is 19.2 Å². The molecule has 2 N–H and O–H groups in total. The van der Waals surface area contributed by atoms with Gasteiger partial charge in [-0.1, -0.05) is 18.2 Å². The van der Waals surface area contributed by atoms with Gasteiger partial charge in [-0.05, 0) is 61.4 Å². The van der Waals surface area contributed by atoms with E-state index in [1.54, 1.807) is 4.57 Å². The Kier molecular flexibility index (Phi) is 3.46. The first-order valence-electron chi connectivity index (χ1n) is 7.53. The van der Waals surface area contributed by atoms with Crippen molar-refractivity contribution >= 4 is 0 Å². The van der Waals surface area contributed by atoms with Gasteiger partial charge in [0.1, 0.15) is 0 Å². The van der Waals surface area contributed by atoms with Crippen molar-refractivity contribution in [3.05, 3.63) is 68.1 Å². The number of fused-ring (bicyclic) bond motifs is 1. The minimum atomic E-state index is -0.353. The van der Waals surface area contributed by atoms with Crippen molar-refractivity contribution in [1.82, 2.24) is 4.57 Å². The quantitative estimate of drug-likeness (QED) is 0.920. The van der Waals surface area contributed by atoms with Gasteiger partial charge in [0, 0.05) is 18.3 Å². The van der Waals surface area contributed by atoms with E-state index in [4.69, 9.17) is 5.73 Å². The van der Waals surface area contributed by atoms with Crippen LogP contribution >= 0.6 is 0 Å². The van der Waals surface area contributed by atoms with Gasteiger partial charge in [0.25, 0.3) is 5.56 Å². The summed E-state index contributed by atoms with van der Waals surface area (Å²) in [6, 6.07) is 7.87. The molecule has 110 valence electrons. The molecular formula is C18H22N2O. The molecule has 3 nitrogen and oxygen atoms in total. The smallest absolute Gasteiger partial charge is 0.255 e. The third-order valence-corrected chi connectivity index (χ3v) is 4.74. The Morgan fingerprint density at radius 2 is 1.90 bits per heavy atom. The minimum Gasteiger partial charge on any atom is -0.320 e. The van der Waals surface area contributed by atoms with Gasteiger partial charge in [0.15, 0.2) is 0 Å². The van der Waals surface area contributed by atoms with Gasteiger partial charge < -0.3 is 10.3 Å². The van der Waals surface area contributed by atoms with E-state index in [0.717, 1.165) is 24.8 Å². The van der Waals surface area contributed by atoms with Crippen molar-refractivity contribution < 1.29 is 0 Å². The van der Waals surface area contributed by atoms with Crippen LogP contribution in [0.3, 0.4) is 0 Å². The molecule has 1 heterocycles. The second kappa shape index (κ2) is 5.15. The lowest BCUT2D eigenvalue weighted by Crippen LogP contribution is -2.29. The Bertz CT molecular complexity index is 759. The lowest BCUT2D eigenvalue weighted by molar-refractivity contribution is 0.742. The molecule has 1 unspecified atom stereocenters. The van der Waals surface area contributed by atoms with Crippen LogP contribution in [0, 0.1) is 13.8 Å². The maximum absolute atomic E-state index is 12.6. The molecule has 1 aliphatic rings. The molecule has 0 spiro atoms. The summed E-state index contributed by atoms with van der Waals surface area (Å²) in [5.74, 6) is 0. The van der Waals surface area contributed by atoms with Gasteiger partial charge >= 0.3 is 0 Å². The number of hydrogen-bond acceptors (Lipinski definition) is 2. The highest BCUT2D eigenvalue weighted by atomic mass is 16.1. The number of nitrogens with zero attached hydrogens (tertiary/aromatic N) is 1. The van der Waals surface area contributed by atoms with Crippen LogP contribution in [0.15, 0.2) is 29.1 Å². The normalized spacial score (nSPS) is 15.0. The lowest BCUT2D eigenvalue weighted by atomic mass is 9.96. The van der Waals surface area contributed by atoms with Crippen molar-refractivity contribution in [2.75, 3.05) is 0 Å². The zero-order valence-electron chi connectivity index (χ0n) is 12.9. The van der Waals surface area contributed by atoms with Crippen LogP contribution in [0.5, 0.6) is 0 Å². The summed E-state index contributed by atoms with van der Waals surface area (Å²) >= 11 is 0. The number of pyridine rings is 1. The molecule has 0 aliphatic heterocycles. The van der Waals surface area contributed by atoms with Crippen LogP contribution in [0.1, 0.15) is 46.0 Å². The Hall–Kier alpha value is -1.87. The van der Waals surface area contributed by atoms with Crippen LogP contribution in [0.25, 0.3) is 0 Å². The first-order chi connectivity index (χ1) is 9.99. The molecule has 1 aliphatic carbocycles. The monoisotopic (exact) mass is 282 g/mol. The summed E-state index contributed by atoms with van der Waals surface area (Å²) in [6.07, 6.45) is 3.18. The van der Waals surface area contributed by atoms with E-state index in [9.17, 15) is 4.79 Å². The largest absolute Gasteiger partial charge is 0.320 e. The highest BCUT2D eigenvalue weighted by Crippen LogP contribution is 2.25. The van der Waals surface area contributed by atoms with E-state index >= 15 is 0 Å². The Morgan fingerprint density at radius 3 is 2.62 bits per heavy atom. The lowest BCUT2D eigenvalue weighted by Gasteiger charge is -2.17. The molecule has 0 saturated carbocycles. The summed E-state index contributed by atoms with van der Waals surface area (Å²) in [4.78, 5) is 12.6. The Morgan fingerprint density at radius 1 is 1.14 bits per heavy atom. The molecule has 0 saturated heterocycles. The molecule has 1 atom stereocenters. The predicted octanol–water partition coefficient (Wildman–Crippen LogP) is 2.54. The molecule has 1 aromatic carbocycles. The van der Waals surface area contributed by atoms with Crippen LogP contribution in [-0.2, 0) is 19.9 Å². The molecule has 0 radical (unpaired) electrons. The Balaban J connectivity index is 2.10. The van der Waals surface area contributed by atoms with Crippen LogP contribution < -0.4 is 11.3 Å². The predicted molar refractivity (Wildman–Crippen MR) is 85.7 cm³/mol. The SMILES string of the molecule is Cc1ccc(C(N)c2cc3c(n(C)c2=O)CCC3)cc1C. The summed E-state index contributed by atoms with van der Waals surface area (Å²) < 4.78 is 1.79. The summed E-state index contributed by atoms with van der Waals surface area (Å²) in [5.41, 5.74) is 13.1. The van der Waals surface area contributed by atoms with Crippen LogP contribution in [-0.4, -0.2) is 4.57 Å². The van der Waals surface area contributed by atoms with Gasteiger partial charge in [-0.3, -0.25) is 4.79 Å². The average molecular weight is 282 g/mol. The number of aryl methyl sites for hydroxylation is 3. The van der Waals surface area contributed by atoms with E-state index in [1.165, 1.54) is 22.4 Å². The molecular weight excluding hydrogens is 260 g/mol.